The van der Waals surface area contributed by atoms with Gasteiger partial charge in [-0.3, -0.25) is 9.79 Å². The number of nitrogens with two attached hydrogens (primary N) is 2. The second-order valence-electron chi connectivity index (χ2n) is 7.45. The topological polar surface area (TPSA) is 155 Å². The van der Waals surface area contributed by atoms with Crippen LogP contribution < -0.4 is 21.5 Å². The number of hydrogen-bond acceptors (Lipinski definition) is 9. The summed E-state index contributed by atoms with van der Waals surface area (Å²) in [5.41, 5.74) is 14.1. The van der Waals surface area contributed by atoms with Crippen molar-refractivity contribution in [1.82, 2.24) is 15.1 Å². The lowest BCUT2D eigenvalue weighted by Gasteiger charge is -2.09. The fourth-order valence-corrected chi connectivity index (χ4v) is 3.12. The van der Waals surface area contributed by atoms with E-state index in [1.807, 2.05) is 0 Å². The van der Waals surface area contributed by atoms with Crippen LogP contribution in [0.3, 0.4) is 0 Å². The van der Waals surface area contributed by atoms with Crippen LogP contribution >= 0.6 is 0 Å². The maximum Gasteiger partial charge on any atom is 0.255 e. The minimum Gasteiger partial charge on any atom is -0.497 e. The van der Waals surface area contributed by atoms with Gasteiger partial charge in [0, 0.05) is 17.2 Å². The van der Waals surface area contributed by atoms with Crippen molar-refractivity contribution in [2.24, 2.45) is 10.7 Å². The Balaban J connectivity index is 1.54. The quantitative estimate of drug-likeness (QED) is 0.319. The number of nitrogens with one attached hydrogen (secondary N) is 1. The van der Waals surface area contributed by atoms with E-state index in [-0.39, 0.29) is 35.4 Å². The summed E-state index contributed by atoms with van der Waals surface area (Å²) < 4.78 is 24.0. The zero-order valence-electron chi connectivity index (χ0n) is 19.2. The molecule has 0 radical (unpaired) electrons. The van der Waals surface area contributed by atoms with Crippen molar-refractivity contribution in [3.05, 3.63) is 102 Å². The Morgan fingerprint density at radius 2 is 1.97 bits per heavy atom. The van der Waals surface area contributed by atoms with E-state index < -0.39 is 5.91 Å². The zero-order chi connectivity index (χ0) is 25.5. The number of aromatic nitrogens is 3. The third-order valence-electron chi connectivity index (χ3n) is 5.05. The molecule has 0 aliphatic carbocycles. The average molecular weight is 487 g/mol. The molecule has 36 heavy (non-hydrogen) atoms. The van der Waals surface area contributed by atoms with Crippen LogP contribution in [0.25, 0.3) is 5.70 Å². The maximum absolute atomic E-state index is 14.0. The van der Waals surface area contributed by atoms with E-state index in [9.17, 15) is 9.18 Å². The standard InChI is InChI=1S/C25H22FN7O3/c1-35-17-8-6-15(7-9-17)25(34)31-22-14-30-24(32-23(22)28)19(27)12-21(20-10-11-36-33-20)29-13-16-4-2-3-5-18(16)26/h2-12,14H,13,27H2,1H3,(H,31,34)(H2,28,30,32). The second kappa shape index (κ2) is 10.9. The Morgan fingerprint density at radius 3 is 2.64 bits per heavy atom. The number of nitrogen functional groups attached to an aromatic ring is 1. The van der Waals surface area contributed by atoms with Gasteiger partial charge in [0.25, 0.3) is 5.91 Å². The molecule has 4 aromatic rings. The predicted molar refractivity (Wildman–Crippen MR) is 133 cm³/mol. The van der Waals surface area contributed by atoms with Crippen LogP contribution in [-0.2, 0) is 6.54 Å². The number of halogens is 1. The fraction of sp³-hybridized carbons (Fsp3) is 0.0800. The number of hydrogen-bond donors (Lipinski definition) is 3. The number of rotatable bonds is 8. The Kier molecular flexibility index (Phi) is 7.30. The smallest absolute Gasteiger partial charge is 0.255 e. The van der Waals surface area contributed by atoms with Gasteiger partial charge in [-0.1, -0.05) is 23.4 Å². The van der Waals surface area contributed by atoms with Crippen molar-refractivity contribution in [2.75, 3.05) is 18.2 Å². The van der Waals surface area contributed by atoms with Crippen molar-refractivity contribution in [3.63, 3.8) is 0 Å². The van der Waals surface area contributed by atoms with Crippen molar-refractivity contribution in [1.29, 1.82) is 0 Å². The first-order chi connectivity index (χ1) is 17.4. The molecule has 10 nitrogen and oxygen atoms in total. The molecule has 0 aliphatic heterocycles. The Hall–Kier alpha value is -5.06. The fourth-order valence-electron chi connectivity index (χ4n) is 3.12. The number of nitrogens with zero attached hydrogens (tertiary/aromatic N) is 4. The highest BCUT2D eigenvalue weighted by molar-refractivity contribution is 6.10. The lowest BCUT2D eigenvalue weighted by Crippen LogP contribution is -2.15. The summed E-state index contributed by atoms with van der Waals surface area (Å²) in [5.74, 6) is -0.0103. The number of carbonyl (C=O) groups excluding carboxylic acids is 1. The highest BCUT2D eigenvalue weighted by Gasteiger charge is 2.13. The first-order valence-electron chi connectivity index (χ1n) is 10.7. The number of allylic oxidation sites excluding steroid dienone is 1. The molecular weight excluding hydrogens is 465 g/mol. The van der Waals surface area contributed by atoms with Crippen LogP contribution in [0.5, 0.6) is 5.75 Å². The summed E-state index contributed by atoms with van der Waals surface area (Å²) in [5, 5.41) is 6.55. The maximum atomic E-state index is 14.0. The molecule has 4 rings (SSSR count). The van der Waals surface area contributed by atoms with E-state index in [1.54, 1.807) is 55.6 Å². The van der Waals surface area contributed by atoms with Crippen LogP contribution in [0.2, 0.25) is 0 Å². The van der Waals surface area contributed by atoms with Crippen molar-refractivity contribution in [2.45, 2.75) is 6.54 Å². The van der Waals surface area contributed by atoms with Gasteiger partial charge in [0.05, 0.1) is 31.3 Å². The number of methoxy groups -OCH3 is 1. The number of carbonyl (C=O) groups is 1. The normalized spacial score (nSPS) is 11.8. The van der Waals surface area contributed by atoms with Gasteiger partial charge in [-0.2, -0.15) is 0 Å². The van der Waals surface area contributed by atoms with Crippen LogP contribution in [-0.4, -0.2) is 33.9 Å². The molecule has 0 saturated heterocycles. The third kappa shape index (κ3) is 5.70. The minimum atomic E-state index is -0.391. The molecule has 0 aliphatic rings. The van der Waals surface area contributed by atoms with Gasteiger partial charge in [-0.25, -0.2) is 14.4 Å². The zero-order valence-corrected chi connectivity index (χ0v) is 19.2. The number of anilines is 2. The van der Waals surface area contributed by atoms with Gasteiger partial charge in [0.2, 0.25) is 0 Å². The molecule has 2 aromatic heterocycles. The molecular formula is C25H22FN7O3. The summed E-state index contributed by atoms with van der Waals surface area (Å²) in [6, 6.07) is 14.5. The van der Waals surface area contributed by atoms with E-state index in [2.05, 4.69) is 25.4 Å². The molecule has 11 heteroatoms. The summed E-state index contributed by atoms with van der Waals surface area (Å²) in [6.45, 7) is 0.0535. The Morgan fingerprint density at radius 1 is 1.19 bits per heavy atom. The van der Waals surface area contributed by atoms with Gasteiger partial charge in [-0.05, 0) is 36.4 Å². The molecule has 0 saturated carbocycles. The molecule has 0 unspecified atom stereocenters. The Labute approximate surface area is 205 Å². The number of benzene rings is 2. The van der Waals surface area contributed by atoms with Gasteiger partial charge >= 0.3 is 0 Å². The molecule has 0 atom stereocenters. The first-order valence-corrected chi connectivity index (χ1v) is 10.7. The van der Waals surface area contributed by atoms with Crippen molar-refractivity contribution < 1.29 is 18.4 Å². The van der Waals surface area contributed by atoms with Crippen molar-refractivity contribution in [3.8, 4) is 5.75 Å². The van der Waals surface area contributed by atoms with E-state index in [1.165, 1.54) is 24.6 Å². The van der Waals surface area contributed by atoms with E-state index >= 15 is 0 Å². The van der Waals surface area contributed by atoms with Crippen LogP contribution in [0.4, 0.5) is 15.9 Å². The summed E-state index contributed by atoms with van der Waals surface area (Å²) in [4.78, 5) is 25.3. The summed E-state index contributed by atoms with van der Waals surface area (Å²) in [6.07, 6.45) is 4.22. The molecule has 0 bridgehead atoms. The van der Waals surface area contributed by atoms with Gasteiger partial charge in [0.15, 0.2) is 11.6 Å². The molecule has 0 fully saturated rings. The van der Waals surface area contributed by atoms with Crippen LogP contribution in [0, 0.1) is 5.82 Å². The largest absolute Gasteiger partial charge is 0.497 e. The number of ether oxygens (including phenoxy) is 1. The third-order valence-corrected chi connectivity index (χ3v) is 5.05. The van der Waals surface area contributed by atoms with E-state index in [4.69, 9.17) is 20.7 Å². The van der Waals surface area contributed by atoms with Gasteiger partial charge in [0.1, 0.15) is 29.2 Å². The van der Waals surface area contributed by atoms with Crippen molar-refractivity contribution >= 4 is 28.8 Å². The first kappa shape index (κ1) is 24.1. The van der Waals surface area contributed by atoms with Gasteiger partial charge < -0.3 is 26.0 Å². The highest BCUT2D eigenvalue weighted by atomic mass is 19.1. The van der Waals surface area contributed by atoms with E-state index in [0.29, 0.717) is 28.3 Å². The van der Waals surface area contributed by atoms with E-state index in [0.717, 1.165) is 0 Å². The van der Waals surface area contributed by atoms with Crippen LogP contribution in [0.1, 0.15) is 27.4 Å². The molecule has 1 amide bonds. The minimum absolute atomic E-state index is 0.0180. The molecule has 2 heterocycles. The Bertz CT molecular complexity index is 1420. The summed E-state index contributed by atoms with van der Waals surface area (Å²) in [7, 11) is 1.54. The predicted octanol–water partition coefficient (Wildman–Crippen LogP) is 3.44. The molecule has 0 spiro atoms. The molecule has 182 valence electrons. The SMILES string of the molecule is COc1ccc(C(=O)Nc2cnc(C(N)=CC(=NCc3ccccc3F)c3ccon3)nc2N)cc1. The van der Waals surface area contributed by atoms with Crippen LogP contribution in [0.15, 0.2) is 82.6 Å². The second-order valence-corrected chi connectivity index (χ2v) is 7.45. The lowest BCUT2D eigenvalue weighted by molar-refractivity contribution is 0.102. The molecule has 5 N–H and O–H groups in total. The monoisotopic (exact) mass is 487 g/mol. The highest BCUT2D eigenvalue weighted by Crippen LogP contribution is 2.19. The van der Waals surface area contributed by atoms with Gasteiger partial charge in [-0.15, -0.1) is 0 Å². The molecule has 2 aromatic carbocycles. The number of aliphatic imine (C=N–C) groups is 1. The lowest BCUT2D eigenvalue weighted by atomic mass is 10.2. The number of amides is 1. The average Bonchev–Trinajstić information content (AvgIpc) is 3.43. The summed E-state index contributed by atoms with van der Waals surface area (Å²) >= 11 is 0.